The highest BCUT2D eigenvalue weighted by Gasteiger charge is 2.21. The summed E-state index contributed by atoms with van der Waals surface area (Å²) in [5.41, 5.74) is 3.42. The van der Waals surface area contributed by atoms with Gasteiger partial charge in [0.25, 0.3) is 0 Å². The molecule has 1 heterocycles. The second-order valence-electron chi connectivity index (χ2n) is 3.80. The lowest BCUT2D eigenvalue weighted by molar-refractivity contribution is -0.132. The summed E-state index contributed by atoms with van der Waals surface area (Å²) in [6.07, 6.45) is 4.23. The van der Waals surface area contributed by atoms with E-state index in [1.54, 1.807) is 6.20 Å². The first-order valence-corrected chi connectivity index (χ1v) is 5.07. The minimum absolute atomic E-state index is 0.556. The first-order chi connectivity index (χ1) is 7.18. The third-order valence-corrected chi connectivity index (χ3v) is 2.74. The summed E-state index contributed by atoms with van der Waals surface area (Å²) >= 11 is 0. The van der Waals surface area contributed by atoms with Crippen molar-refractivity contribution in [3.8, 4) is 0 Å². The summed E-state index contributed by atoms with van der Waals surface area (Å²) in [6, 6.07) is 3.87. The van der Waals surface area contributed by atoms with E-state index in [2.05, 4.69) is 4.98 Å². The Hall–Kier alpha value is -1.64. The topological polar surface area (TPSA) is 50.2 Å². The highest BCUT2D eigenvalue weighted by molar-refractivity contribution is 5.97. The van der Waals surface area contributed by atoms with Crippen LogP contribution in [0, 0.1) is 6.92 Å². The van der Waals surface area contributed by atoms with Gasteiger partial charge >= 0.3 is 5.97 Å². The van der Waals surface area contributed by atoms with Gasteiger partial charge in [-0.15, -0.1) is 0 Å². The van der Waals surface area contributed by atoms with E-state index in [0.717, 1.165) is 29.7 Å². The summed E-state index contributed by atoms with van der Waals surface area (Å²) in [7, 11) is 0. The van der Waals surface area contributed by atoms with Gasteiger partial charge in [0, 0.05) is 17.5 Å². The zero-order valence-corrected chi connectivity index (χ0v) is 8.66. The van der Waals surface area contributed by atoms with Crippen molar-refractivity contribution in [1.29, 1.82) is 0 Å². The number of aryl methyl sites for hydroxylation is 1. The Labute approximate surface area is 88.5 Å². The van der Waals surface area contributed by atoms with Gasteiger partial charge in [-0.1, -0.05) is 6.07 Å². The SMILES string of the molecule is Cc1ccc(C2=C(C(=O)O)CCC2)cn1. The molecule has 0 radical (unpaired) electrons. The van der Waals surface area contributed by atoms with E-state index in [1.165, 1.54) is 0 Å². The van der Waals surface area contributed by atoms with Gasteiger partial charge in [-0.3, -0.25) is 4.98 Å². The van der Waals surface area contributed by atoms with Crippen molar-refractivity contribution in [1.82, 2.24) is 4.98 Å². The predicted molar refractivity (Wildman–Crippen MR) is 57.4 cm³/mol. The van der Waals surface area contributed by atoms with E-state index < -0.39 is 5.97 Å². The summed E-state index contributed by atoms with van der Waals surface area (Å²) in [5.74, 6) is -0.789. The number of aromatic nitrogens is 1. The molecule has 0 saturated carbocycles. The minimum atomic E-state index is -0.789. The van der Waals surface area contributed by atoms with Gasteiger partial charge in [-0.05, 0) is 43.4 Å². The lowest BCUT2D eigenvalue weighted by atomic mass is 10.0. The smallest absolute Gasteiger partial charge is 0.331 e. The van der Waals surface area contributed by atoms with Gasteiger partial charge in [-0.2, -0.15) is 0 Å². The highest BCUT2D eigenvalue weighted by atomic mass is 16.4. The van der Waals surface area contributed by atoms with Crippen molar-refractivity contribution in [2.75, 3.05) is 0 Å². The highest BCUT2D eigenvalue weighted by Crippen LogP contribution is 2.33. The molecule has 1 aromatic rings. The van der Waals surface area contributed by atoms with Crippen molar-refractivity contribution in [2.24, 2.45) is 0 Å². The Morgan fingerprint density at radius 1 is 1.40 bits per heavy atom. The maximum absolute atomic E-state index is 11.0. The Morgan fingerprint density at radius 2 is 2.20 bits per heavy atom. The van der Waals surface area contributed by atoms with Gasteiger partial charge in [0.1, 0.15) is 0 Å². The van der Waals surface area contributed by atoms with E-state index in [1.807, 2.05) is 19.1 Å². The Morgan fingerprint density at radius 3 is 2.80 bits per heavy atom. The first kappa shape index (κ1) is 9.90. The summed E-state index contributed by atoms with van der Waals surface area (Å²) in [4.78, 5) is 15.2. The molecule has 3 nitrogen and oxygen atoms in total. The van der Waals surface area contributed by atoms with Crippen LogP contribution in [0.15, 0.2) is 23.9 Å². The quantitative estimate of drug-likeness (QED) is 0.803. The zero-order valence-electron chi connectivity index (χ0n) is 8.66. The number of nitrogens with zero attached hydrogens (tertiary/aromatic N) is 1. The first-order valence-electron chi connectivity index (χ1n) is 5.07. The number of carboxylic acid groups (broad SMARTS) is 1. The molecule has 15 heavy (non-hydrogen) atoms. The number of hydrogen-bond donors (Lipinski definition) is 1. The molecule has 1 aliphatic carbocycles. The monoisotopic (exact) mass is 203 g/mol. The number of rotatable bonds is 2. The van der Waals surface area contributed by atoms with Crippen LogP contribution in [0.3, 0.4) is 0 Å². The van der Waals surface area contributed by atoms with Crippen molar-refractivity contribution in [3.63, 3.8) is 0 Å². The van der Waals surface area contributed by atoms with Crippen molar-refractivity contribution >= 4 is 11.5 Å². The van der Waals surface area contributed by atoms with E-state index in [9.17, 15) is 4.79 Å². The molecule has 1 aliphatic rings. The van der Waals surface area contributed by atoms with Gasteiger partial charge in [0.05, 0.1) is 0 Å². The van der Waals surface area contributed by atoms with Crippen LogP contribution in [-0.2, 0) is 4.79 Å². The van der Waals surface area contributed by atoms with Gasteiger partial charge in [0.2, 0.25) is 0 Å². The number of carbonyl (C=O) groups is 1. The van der Waals surface area contributed by atoms with Gasteiger partial charge in [0.15, 0.2) is 0 Å². The molecule has 0 bridgehead atoms. The number of carboxylic acids is 1. The number of hydrogen-bond acceptors (Lipinski definition) is 2. The van der Waals surface area contributed by atoms with Crippen LogP contribution in [-0.4, -0.2) is 16.1 Å². The Kier molecular flexibility index (Phi) is 2.54. The van der Waals surface area contributed by atoms with Gasteiger partial charge in [-0.25, -0.2) is 4.79 Å². The number of pyridine rings is 1. The second-order valence-corrected chi connectivity index (χ2v) is 3.80. The molecule has 0 aromatic carbocycles. The molecule has 2 rings (SSSR count). The average molecular weight is 203 g/mol. The molecule has 1 aromatic heterocycles. The van der Waals surface area contributed by atoms with E-state index in [4.69, 9.17) is 5.11 Å². The normalized spacial score (nSPS) is 15.8. The summed E-state index contributed by atoms with van der Waals surface area (Å²) in [5, 5.41) is 9.02. The molecule has 0 aliphatic heterocycles. The molecule has 0 saturated heterocycles. The van der Waals surface area contributed by atoms with E-state index in [-0.39, 0.29) is 0 Å². The molecular weight excluding hydrogens is 190 g/mol. The molecule has 0 atom stereocenters. The lowest BCUT2D eigenvalue weighted by Crippen LogP contribution is -1.99. The van der Waals surface area contributed by atoms with E-state index >= 15 is 0 Å². The maximum atomic E-state index is 11.0. The number of aliphatic carboxylic acids is 1. The molecule has 1 N–H and O–H groups in total. The molecule has 0 unspecified atom stereocenters. The molecular formula is C12H13NO2. The lowest BCUT2D eigenvalue weighted by Gasteiger charge is -2.04. The predicted octanol–water partition coefficient (Wildman–Crippen LogP) is 2.41. The van der Waals surface area contributed by atoms with Crippen LogP contribution in [0.1, 0.15) is 30.5 Å². The van der Waals surface area contributed by atoms with Crippen LogP contribution in [0.5, 0.6) is 0 Å². The zero-order chi connectivity index (χ0) is 10.8. The third kappa shape index (κ3) is 1.91. The fourth-order valence-corrected chi connectivity index (χ4v) is 1.94. The molecule has 0 amide bonds. The van der Waals surface area contributed by atoms with Crippen LogP contribution in [0.25, 0.3) is 5.57 Å². The third-order valence-electron chi connectivity index (χ3n) is 2.74. The van der Waals surface area contributed by atoms with E-state index in [0.29, 0.717) is 12.0 Å². The van der Waals surface area contributed by atoms with Crippen molar-refractivity contribution in [3.05, 3.63) is 35.2 Å². The average Bonchev–Trinajstić information content (AvgIpc) is 2.67. The second kappa shape index (κ2) is 3.85. The standard InChI is InChI=1S/C12H13NO2/c1-8-5-6-9(7-13-8)10-3-2-4-11(10)12(14)15/h5-7H,2-4H2,1H3,(H,14,15). The molecule has 0 spiro atoms. The van der Waals surface area contributed by atoms with Crippen LogP contribution < -0.4 is 0 Å². The fraction of sp³-hybridized carbons (Fsp3) is 0.333. The van der Waals surface area contributed by atoms with Crippen molar-refractivity contribution in [2.45, 2.75) is 26.2 Å². The summed E-state index contributed by atoms with van der Waals surface area (Å²) < 4.78 is 0. The Bertz CT molecular complexity index is 418. The van der Waals surface area contributed by atoms with Crippen molar-refractivity contribution < 1.29 is 9.90 Å². The van der Waals surface area contributed by atoms with Gasteiger partial charge < -0.3 is 5.11 Å². The van der Waals surface area contributed by atoms with Crippen LogP contribution in [0.4, 0.5) is 0 Å². The summed E-state index contributed by atoms with van der Waals surface area (Å²) in [6.45, 7) is 1.92. The fourth-order valence-electron chi connectivity index (χ4n) is 1.94. The van der Waals surface area contributed by atoms with Crippen LogP contribution in [0.2, 0.25) is 0 Å². The molecule has 3 heteroatoms. The molecule has 78 valence electrons. The maximum Gasteiger partial charge on any atom is 0.331 e. The largest absolute Gasteiger partial charge is 0.478 e. The minimum Gasteiger partial charge on any atom is -0.478 e. The Balaban J connectivity index is 2.41. The molecule has 0 fully saturated rings. The number of allylic oxidation sites excluding steroid dienone is 1. The van der Waals surface area contributed by atoms with Crippen LogP contribution >= 0.6 is 0 Å².